The number of carbonyl (C=O) groups excluding carboxylic acids is 1. The van der Waals surface area contributed by atoms with E-state index in [0.29, 0.717) is 36.1 Å². The average molecular weight is 486 g/mol. The lowest BCUT2D eigenvalue weighted by Gasteiger charge is -2.41. The van der Waals surface area contributed by atoms with Gasteiger partial charge in [-0.2, -0.15) is 0 Å². The molecule has 0 saturated carbocycles. The van der Waals surface area contributed by atoms with E-state index in [1.165, 1.54) is 22.1 Å². The first-order chi connectivity index (χ1) is 16.5. The molecule has 2 aliphatic heterocycles. The van der Waals surface area contributed by atoms with Gasteiger partial charge in [0.05, 0.1) is 18.2 Å². The number of aliphatic carboxylic acids is 1. The molecular formula is C28H39NO6. The number of allylic oxidation sites excluding steroid dienone is 4. The van der Waals surface area contributed by atoms with Crippen LogP contribution in [0.2, 0.25) is 0 Å². The van der Waals surface area contributed by atoms with E-state index in [9.17, 15) is 24.9 Å². The third-order valence-corrected chi connectivity index (χ3v) is 7.17. The number of benzene rings is 1. The van der Waals surface area contributed by atoms with Gasteiger partial charge >= 0.3 is 5.97 Å². The number of hydrogen-bond acceptors (Lipinski definition) is 5. The van der Waals surface area contributed by atoms with Crippen molar-refractivity contribution in [3.05, 3.63) is 46.1 Å². The number of hydrogen-bond donors (Lipinski definition) is 3. The van der Waals surface area contributed by atoms with Gasteiger partial charge in [0.15, 0.2) is 0 Å². The van der Waals surface area contributed by atoms with Crippen LogP contribution in [0.1, 0.15) is 94.6 Å². The number of phenols is 1. The van der Waals surface area contributed by atoms with Crippen LogP contribution in [0.25, 0.3) is 0 Å². The third kappa shape index (κ3) is 5.72. The number of amides is 1. The van der Waals surface area contributed by atoms with Crippen LogP contribution >= 0.6 is 0 Å². The zero-order valence-electron chi connectivity index (χ0n) is 21.6. The number of carboxylic acids is 1. The van der Waals surface area contributed by atoms with E-state index < -0.39 is 29.6 Å². The van der Waals surface area contributed by atoms with E-state index in [4.69, 9.17) is 4.74 Å². The smallest absolute Gasteiger partial charge is 0.326 e. The van der Waals surface area contributed by atoms with Crippen molar-refractivity contribution in [1.29, 1.82) is 0 Å². The summed E-state index contributed by atoms with van der Waals surface area (Å²) in [5, 5.41) is 31.3. The molecule has 7 heteroatoms. The highest BCUT2D eigenvalue weighted by Gasteiger charge is 2.45. The first-order valence-corrected chi connectivity index (χ1v) is 12.6. The molecule has 3 rings (SSSR count). The van der Waals surface area contributed by atoms with Gasteiger partial charge in [-0.15, -0.1) is 0 Å². The Hall–Kier alpha value is -2.80. The van der Waals surface area contributed by atoms with Gasteiger partial charge in [-0.3, -0.25) is 4.79 Å². The van der Waals surface area contributed by atoms with Crippen LogP contribution < -0.4 is 4.74 Å². The van der Waals surface area contributed by atoms with E-state index in [0.717, 1.165) is 19.3 Å². The lowest BCUT2D eigenvalue weighted by molar-refractivity contribution is -0.142. The van der Waals surface area contributed by atoms with Crippen LogP contribution in [0.15, 0.2) is 29.4 Å². The third-order valence-electron chi connectivity index (χ3n) is 7.17. The number of rotatable bonds is 10. The number of nitrogens with zero attached hydrogens (tertiary/aromatic N) is 1. The maximum Gasteiger partial charge on any atom is 0.326 e. The molecule has 3 N–H and O–H groups in total. The largest absolute Gasteiger partial charge is 0.508 e. The zero-order chi connectivity index (χ0) is 25.9. The van der Waals surface area contributed by atoms with Gasteiger partial charge in [0.2, 0.25) is 0 Å². The quantitative estimate of drug-likeness (QED) is 0.397. The van der Waals surface area contributed by atoms with Gasteiger partial charge in [0, 0.05) is 17.5 Å². The minimum atomic E-state index is -1.04. The first kappa shape index (κ1) is 26.8. The molecule has 1 amide bonds. The number of fused-ring (bicyclic) bond motifs is 3. The predicted octanol–water partition coefficient (Wildman–Crippen LogP) is 5.13. The van der Waals surface area contributed by atoms with Crippen molar-refractivity contribution >= 4 is 11.9 Å². The van der Waals surface area contributed by atoms with Crippen molar-refractivity contribution < 1.29 is 29.6 Å². The molecule has 192 valence electrons. The summed E-state index contributed by atoms with van der Waals surface area (Å²) < 4.78 is 6.37. The second-order valence-electron chi connectivity index (χ2n) is 10.3. The normalized spacial score (nSPS) is 22.3. The lowest BCUT2D eigenvalue weighted by atomic mass is 9.84. The van der Waals surface area contributed by atoms with Gasteiger partial charge in [0.1, 0.15) is 23.1 Å². The Balaban J connectivity index is 1.83. The molecule has 2 aliphatic rings. The summed E-state index contributed by atoms with van der Waals surface area (Å²) in [5.74, 6) is -1.15. The molecule has 1 aromatic rings. The summed E-state index contributed by atoms with van der Waals surface area (Å²) >= 11 is 0. The Bertz CT molecular complexity index is 1040. The molecule has 2 heterocycles. The number of aromatic hydroxyl groups is 1. The highest BCUT2D eigenvalue weighted by atomic mass is 16.5. The Labute approximate surface area is 208 Å². The van der Waals surface area contributed by atoms with Crippen molar-refractivity contribution in [2.75, 3.05) is 0 Å². The van der Waals surface area contributed by atoms with Crippen molar-refractivity contribution in [2.45, 2.75) is 104 Å². The number of carboxylic acid groups (broad SMARTS) is 1. The fourth-order valence-corrected chi connectivity index (χ4v) is 4.96. The molecule has 0 bridgehead atoms. The minimum absolute atomic E-state index is 0.104. The van der Waals surface area contributed by atoms with Crippen LogP contribution in [-0.2, 0) is 17.8 Å². The second kappa shape index (κ2) is 10.9. The van der Waals surface area contributed by atoms with E-state index >= 15 is 0 Å². The van der Waals surface area contributed by atoms with Crippen molar-refractivity contribution in [3.63, 3.8) is 0 Å². The molecule has 0 saturated heterocycles. The highest BCUT2D eigenvalue weighted by Crippen LogP contribution is 2.46. The molecule has 1 aromatic carbocycles. The number of aliphatic hydroxyl groups excluding tert-OH is 1. The standard InChI is InChI=1S/C28H39NO6/c1-6-9-22(27(33)34)29-16-21-19(26(29)32)14-23(30)20-15-24(31)28(5,35-25(20)21)13-8-12-18(4)11-7-10-17(2)3/h10,12,14,22,24,30-31H,6-9,11,13,15-16H2,1-5H3,(H,33,34)/b18-12+/t22-,24+,28?/m1/s1. The molecule has 35 heavy (non-hydrogen) atoms. The van der Waals surface area contributed by atoms with Gasteiger partial charge in [-0.05, 0) is 65.9 Å². The molecule has 7 nitrogen and oxygen atoms in total. The maximum absolute atomic E-state index is 13.1. The van der Waals surface area contributed by atoms with Gasteiger partial charge in [-0.1, -0.05) is 36.6 Å². The number of aliphatic hydroxyl groups is 1. The Morgan fingerprint density at radius 3 is 2.60 bits per heavy atom. The summed E-state index contributed by atoms with van der Waals surface area (Å²) in [7, 11) is 0. The maximum atomic E-state index is 13.1. The summed E-state index contributed by atoms with van der Waals surface area (Å²) in [5.41, 5.74) is 3.04. The molecule has 0 aliphatic carbocycles. The number of ether oxygens (including phenoxy) is 1. The Morgan fingerprint density at radius 2 is 1.97 bits per heavy atom. The highest BCUT2D eigenvalue weighted by molar-refractivity contribution is 6.02. The summed E-state index contributed by atoms with van der Waals surface area (Å²) in [4.78, 5) is 26.3. The van der Waals surface area contributed by atoms with Crippen LogP contribution in [0, 0.1) is 0 Å². The molecule has 1 unspecified atom stereocenters. The van der Waals surface area contributed by atoms with Gasteiger partial charge in [0.25, 0.3) is 5.91 Å². The van der Waals surface area contributed by atoms with E-state index in [-0.39, 0.29) is 24.3 Å². The lowest BCUT2D eigenvalue weighted by Crippen LogP contribution is -2.49. The molecule has 0 aromatic heterocycles. The molecular weight excluding hydrogens is 446 g/mol. The fourth-order valence-electron chi connectivity index (χ4n) is 4.96. The van der Waals surface area contributed by atoms with Crippen LogP contribution in [0.5, 0.6) is 11.5 Å². The van der Waals surface area contributed by atoms with E-state index in [1.54, 1.807) is 0 Å². The van der Waals surface area contributed by atoms with Crippen molar-refractivity contribution in [1.82, 2.24) is 4.90 Å². The monoisotopic (exact) mass is 485 g/mol. The zero-order valence-corrected chi connectivity index (χ0v) is 21.6. The molecule has 0 spiro atoms. The molecule has 0 radical (unpaired) electrons. The predicted molar refractivity (Wildman–Crippen MR) is 135 cm³/mol. The first-order valence-electron chi connectivity index (χ1n) is 12.6. The van der Waals surface area contributed by atoms with Crippen molar-refractivity contribution in [2.24, 2.45) is 0 Å². The summed E-state index contributed by atoms with van der Waals surface area (Å²) in [6.45, 7) is 10.1. The Kier molecular flexibility index (Phi) is 8.31. The van der Waals surface area contributed by atoms with Crippen LogP contribution in [0.3, 0.4) is 0 Å². The fraction of sp³-hybridized carbons (Fsp3) is 0.571. The van der Waals surface area contributed by atoms with E-state index in [1.807, 2.05) is 13.8 Å². The van der Waals surface area contributed by atoms with Gasteiger partial charge < -0.3 is 25.0 Å². The van der Waals surface area contributed by atoms with Crippen LogP contribution in [-0.4, -0.2) is 49.8 Å². The van der Waals surface area contributed by atoms with Crippen LogP contribution in [0.4, 0.5) is 0 Å². The summed E-state index contributed by atoms with van der Waals surface area (Å²) in [6, 6.07) is 0.455. The Morgan fingerprint density at radius 1 is 1.26 bits per heavy atom. The summed E-state index contributed by atoms with van der Waals surface area (Å²) in [6.07, 6.45) is 8.04. The van der Waals surface area contributed by atoms with Crippen molar-refractivity contribution in [3.8, 4) is 11.5 Å². The number of phenolic OH excluding ortho intramolecular Hbond substituents is 1. The number of carbonyl (C=O) groups is 2. The van der Waals surface area contributed by atoms with E-state index in [2.05, 4.69) is 32.9 Å². The second-order valence-corrected chi connectivity index (χ2v) is 10.3. The minimum Gasteiger partial charge on any atom is -0.508 e. The topological polar surface area (TPSA) is 107 Å². The average Bonchev–Trinajstić information content (AvgIpc) is 3.09. The molecule has 3 atom stereocenters. The SMILES string of the molecule is CCC[C@H](C(=O)O)N1Cc2c(cc(O)c3c2OC(C)(CC/C=C(\C)CCC=C(C)C)[C@@H](O)C3)C1=O. The molecule has 0 fully saturated rings. The van der Waals surface area contributed by atoms with Gasteiger partial charge in [-0.25, -0.2) is 4.79 Å².